The molecule has 0 amide bonds. The van der Waals surface area contributed by atoms with E-state index in [1.54, 1.807) is 45.0 Å². The lowest BCUT2D eigenvalue weighted by Gasteiger charge is -2.16. The van der Waals surface area contributed by atoms with E-state index in [0.29, 0.717) is 9.92 Å². The molecular weight excluding hydrogens is 390 g/mol. The Morgan fingerprint density at radius 1 is 1.15 bits per heavy atom. The predicted molar refractivity (Wildman–Crippen MR) is 103 cm³/mol. The van der Waals surface area contributed by atoms with Crippen molar-refractivity contribution in [3.8, 4) is 0 Å². The highest BCUT2D eigenvalue weighted by atomic mass is 35.5. The zero-order valence-electron chi connectivity index (χ0n) is 15.0. The van der Waals surface area contributed by atoms with Gasteiger partial charge in [-0.1, -0.05) is 44.1 Å². The molecule has 0 spiro atoms. The third-order valence-corrected chi connectivity index (χ3v) is 4.93. The van der Waals surface area contributed by atoms with Gasteiger partial charge in [-0.3, -0.25) is 14.9 Å². The van der Waals surface area contributed by atoms with Crippen LogP contribution in [0.3, 0.4) is 0 Å². The average Bonchev–Trinajstić information content (AvgIpc) is 2.60. The molecule has 0 aromatic heterocycles. The van der Waals surface area contributed by atoms with Crippen molar-refractivity contribution in [2.24, 2.45) is 5.41 Å². The predicted octanol–water partition coefficient (Wildman–Crippen LogP) is 5.17. The standard InChI is InChI=1S/C19H18ClNO5S/c1-19(2,3)17(22)11-26-18(23)12-4-9-16(15(10-12)21(24)25)27-14-7-5-13(20)6-8-14/h4-10H,11H2,1-3H3. The van der Waals surface area contributed by atoms with Crippen LogP contribution in [0.1, 0.15) is 31.1 Å². The monoisotopic (exact) mass is 407 g/mol. The van der Waals surface area contributed by atoms with Gasteiger partial charge in [-0.25, -0.2) is 4.79 Å². The zero-order chi connectivity index (χ0) is 20.2. The maximum atomic E-state index is 12.1. The van der Waals surface area contributed by atoms with Crippen LogP contribution < -0.4 is 0 Å². The molecule has 0 bridgehead atoms. The number of ether oxygens (including phenoxy) is 1. The van der Waals surface area contributed by atoms with E-state index in [0.717, 1.165) is 11.0 Å². The molecule has 0 saturated heterocycles. The van der Waals surface area contributed by atoms with E-state index in [2.05, 4.69) is 0 Å². The number of carbonyl (C=O) groups is 2. The lowest BCUT2D eigenvalue weighted by molar-refractivity contribution is -0.387. The lowest BCUT2D eigenvalue weighted by atomic mass is 9.91. The fourth-order valence-electron chi connectivity index (χ4n) is 1.93. The van der Waals surface area contributed by atoms with Crippen molar-refractivity contribution in [2.45, 2.75) is 30.6 Å². The first-order chi connectivity index (χ1) is 12.6. The highest BCUT2D eigenvalue weighted by molar-refractivity contribution is 7.99. The summed E-state index contributed by atoms with van der Waals surface area (Å²) in [6, 6.07) is 11.0. The number of rotatable bonds is 6. The molecular formula is C19H18ClNO5S. The summed E-state index contributed by atoms with van der Waals surface area (Å²) in [6.45, 7) is 4.78. The molecule has 2 aromatic rings. The molecule has 0 aliphatic heterocycles. The molecule has 8 heteroatoms. The number of hydrogen-bond acceptors (Lipinski definition) is 6. The molecule has 0 aliphatic carbocycles. The summed E-state index contributed by atoms with van der Waals surface area (Å²) in [7, 11) is 0. The molecule has 0 N–H and O–H groups in total. The van der Waals surface area contributed by atoms with Crippen molar-refractivity contribution < 1.29 is 19.2 Å². The van der Waals surface area contributed by atoms with Gasteiger partial charge in [0, 0.05) is 21.4 Å². The van der Waals surface area contributed by atoms with E-state index >= 15 is 0 Å². The average molecular weight is 408 g/mol. The van der Waals surface area contributed by atoms with Crippen LogP contribution in [-0.4, -0.2) is 23.3 Å². The van der Waals surface area contributed by atoms with Crippen LogP contribution in [0.15, 0.2) is 52.3 Å². The number of halogens is 1. The van der Waals surface area contributed by atoms with E-state index in [1.165, 1.54) is 23.9 Å². The van der Waals surface area contributed by atoms with Crippen molar-refractivity contribution in [2.75, 3.05) is 6.61 Å². The van der Waals surface area contributed by atoms with Crippen LogP contribution in [-0.2, 0) is 9.53 Å². The number of benzene rings is 2. The van der Waals surface area contributed by atoms with E-state index in [9.17, 15) is 19.7 Å². The summed E-state index contributed by atoms with van der Waals surface area (Å²) < 4.78 is 4.99. The van der Waals surface area contributed by atoms with E-state index in [4.69, 9.17) is 16.3 Å². The van der Waals surface area contributed by atoms with Crippen molar-refractivity contribution >= 4 is 40.8 Å². The third-order valence-electron chi connectivity index (χ3n) is 3.60. The number of Topliss-reactive ketones (excluding diaryl/α,β-unsaturated/α-hetero) is 1. The molecule has 27 heavy (non-hydrogen) atoms. The van der Waals surface area contributed by atoms with Gasteiger partial charge in [0.05, 0.1) is 15.4 Å². The normalized spacial score (nSPS) is 11.1. The number of hydrogen-bond donors (Lipinski definition) is 0. The SMILES string of the molecule is CC(C)(C)C(=O)COC(=O)c1ccc(Sc2ccc(Cl)cc2)c([N+](=O)[O-])c1. The summed E-state index contributed by atoms with van der Waals surface area (Å²) in [5, 5.41) is 12.0. The van der Waals surface area contributed by atoms with Crippen LogP contribution in [0.4, 0.5) is 5.69 Å². The van der Waals surface area contributed by atoms with Gasteiger partial charge in [-0.2, -0.15) is 0 Å². The van der Waals surface area contributed by atoms with Crippen molar-refractivity contribution in [3.63, 3.8) is 0 Å². The minimum atomic E-state index is -0.779. The maximum absolute atomic E-state index is 12.1. The van der Waals surface area contributed by atoms with Gasteiger partial charge in [-0.05, 0) is 36.4 Å². The second-order valence-electron chi connectivity index (χ2n) is 6.74. The molecule has 0 saturated carbocycles. The number of nitrogens with zero attached hydrogens (tertiary/aromatic N) is 1. The second kappa shape index (κ2) is 8.54. The first-order valence-corrected chi connectivity index (χ1v) is 9.19. The van der Waals surface area contributed by atoms with Crippen molar-refractivity contribution in [3.05, 3.63) is 63.2 Å². The molecule has 0 atom stereocenters. The van der Waals surface area contributed by atoms with Gasteiger partial charge in [-0.15, -0.1) is 0 Å². The summed E-state index contributed by atoms with van der Waals surface area (Å²) >= 11 is 7.03. The summed E-state index contributed by atoms with van der Waals surface area (Å²) in [6.07, 6.45) is 0. The van der Waals surface area contributed by atoms with Crippen LogP contribution in [0, 0.1) is 15.5 Å². The van der Waals surface area contributed by atoms with Crippen LogP contribution >= 0.6 is 23.4 Å². The Balaban J connectivity index is 2.19. The van der Waals surface area contributed by atoms with Gasteiger partial charge < -0.3 is 4.74 Å². The highest BCUT2D eigenvalue weighted by Crippen LogP contribution is 2.36. The van der Waals surface area contributed by atoms with Crippen LogP contribution in [0.25, 0.3) is 0 Å². The summed E-state index contributed by atoms with van der Waals surface area (Å²) in [5.74, 6) is -1.01. The van der Waals surface area contributed by atoms with Gasteiger partial charge in [0.1, 0.15) is 0 Å². The molecule has 0 aliphatic rings. The Bertz CT molecular complexity index is 875. The molecule has 142 valence electrons. The Labute approximate surface area is 166 Å². The topological polar surface area (TPSA) is 86.5 Å². The lowest BCUT2D eigenvalue weighted by Crippen LogP contribution is -2.26. The molecule has 0 unspecified atom stereocenters. The first kappa shape index (κ1) is 20.9. The summed E-state index contributed by atoms with van der Waals surface area (Å²) in [5.41, 5.74) is -0.832. The quantitative estimate of drug-likeness (QED) is 0.373. The van der Waals surface area contributed by atoms with E-state index in [-0.39, 0.29) is 23.6 Å². The number of nitro benzene ring substituents is 1. The molecule has 6 nitrogen and oxygen atoms in total. The maximum Gasteiger partial charge on any atom is 0.338 e. The molecule has 2 rings (SSSR count). The molecule has 0 heterocycles. The molecule has 2 aromatic carbocycles. The number of carbonyl (C=O) groups excluding carboxylic acids is 2. The fraction of sp³-hybridized carbons (Fsp3) is 0.263. The minimum Gasteiger partial charge on any atom is -0.454 e. The van der Waals surface area contributed by atoms with Gasteiger partial charge in [0.15, 0.2) is 12.4 Å². The number of nitro groups is 1. The number of ketones is 1. The Morgan fingerprint density at radius 2 is 1.78 bits per heavy atom. The van der Waals surface area contributed by atoms with Gasteiger partial charge in [0.25, 0.3) is 5.69 Å². The van der Waals surface area contributed by atoms with Crippen molar-refractivity contribution in [1.29, 1.82) is 0 Å². The minimum absolute atomic E-state index is 0.0175. The molecule has 0 fully saturated rings. The van der Waals surface area contributed by atoms with E-state index in [1.807, 2.05) is 0 Å². The number of esters is 1. The van der Waals surface area contributed by atoms with Crippen molar-refractivity contribution in [1.82, 2.24) is 0 Å². The highest BCUT2D eigenvalue weighted by Gasteiger charge is 2.24. The Kier molecular flexibility index (Phi) is 6.62. The summed E-state index contributed by atoms with van der Waals surface area (Å²) in [4.78, 5) is 36.0. The van der Waals surface area contributed by atoms with Crippen LogP contribution in [0.5, 0.6) is 0 Å². The molecule has 0 radical (unpaired) electrons. The largest absolute Gasteiger partial charge is 0.454 e. The van der Waals surface area contributed by atoms with Crippen LogP contribution in [0.2, 0.25) is 5.02 Å². The van der Waals surface area contributed by atoms with Gasteiger partial charge in [0.2, 0.25) is 0 Å². The smallest absolute Gasteiger partial charge is 0.338 e. The zero-order valence-corrected chi connectivity index (χ0v) is 16.6. The Hall–Kier alpha value is -2.38. The Morgan fingerprint density at radius 3 is 2.33 bits per heavy atom. The third kappa shape index (κ3) is 5.80. The fourth-order valence-corrected chi connectivity index (χ4v) is 2.96. The second-order valence-corrected chi connectivity index (χ2v) is 8.30. The van der Waals surface area contributed by atoms with E-state index < -0.39 is 16.3 Å². The first-order valence-electron chi connectivity index (χ1n) is 8.00. The van der Waals surface area contributed by atoms with Gasteiger partial charge >= 0.3 is 5.97 Å².